The first-order valence-electron chi connectivity index (χ1n) is 5.76. The zero-order valence-electron chi connectivity index (χ0n) is 9.38. The zero-order chi connectivity index (χ0) is 11.7. The van der Waals surface area contributed by atoms with Gasteiger partial charge in [0.05, 0.1) is 11.9 Å². The Hall–Kier alpha value is -1.55. The van der Waals surface area contributed by atoms with Crippen molar-refractivity contribution in [3.05, 3.63) is 35.5 Å². The van der Waals surface area contributed by atoms with E-state index in [0.717, 1.165) is 24.6 Å². The van der Waals surface area contributed by atoms with Crippen molar-refractivity contribution in [1.29, 1.82) is 0 Å². The molecule has 5 heteroatoms. The van der Waals surface area contributed by atoms with Crippen LogP contribution in [0.2, 0.25) is 5.02 Å². The maximum atomic E-state index is 5.95. The molecule has 0 bridgehead atoms. The van der Waals surface area contributed by atoms with Crippen molar-refractivity contribution >= 4 is 17.4 Å². The van der Waals surface area contributed by atoms with Crippen LogP contribution in [0.25, 0.3) is 5.69 Å². The van der Waals surface area contributed by atoms with Gasteiger partial charge in [-0.05, 0) is 31.0 Å². The van der Waals surface area contributed by atoms with Crippen molar-refractivity contribution in [2.75, 3.05) is 18.0 Å². The van der Waals surface area contributed by atoms with E-state index >= 15 is 0 Å². The van der Waals surface area contributed by atoms with Crippen molar-refractivity contribution in [3.8, 4) is 5.69 Å². The van der Waals surface area contributed by atoms with E-state index < -0.39 is 0 Å². The van der Waals surface area contributed by atoms with Crippen LogP contribution in [0.4, 0.5) is 5.82 Å². The van der Waals surface area contributed by atoms with E-state index in [1.54, 1.807) is 4.80 Å². The Morgan fingerprint density at radius 1 is 1.18 bits per heavy atom. The lowest BCUT2D eigenvalue weighted by Gasteiger charge is -2.11. The molecule has 3 rings (SSSR count). The Kier molecular flexibility index (Phi) is 2.73. The van der Waals surface area contributed by atoms with Crippen molar-refractivity contribution < 1.29 is 0 Å². The van der Waals surface area contributed by atoms with Gasteiger partial charge in [0.2, 0.25) is 0 Å². The summed E-state index contributed by atoms with van der Waals surface area (Å²) >= 11 is 5.95. The molecule has 1 aliphatic heterocycles. The van der Waals surface area contributed by atoms with Crippen LogP contribution in [0.15, 0.2) is 30.5 Å². The fraction of sp³-hybridized carbons (Fsp3) is 0.333. The van der Waals surface area contributed by atoms with Crippen molar-refractivity contribution in [1.82, 2.24) is 15.0 Å². The van der Waals surface area contributed by atoms with E-state index in [0.29, 0.717) is 5.02 Å². The third-order valence-corrected chi connectivity index (χ3v) is 3.18. The van der Waals surface area contributed by atoms with E-state index in [-0.39, 0.29) is 0 Å². The molecule has 0 spiro atoms. The summed E-state index contributed by atoms with van der Waals surface area (Å²) in [6, 6.07) is 7.54. The summed E-state index contributed by atoms with van der Waals surface area (Å²) in [5, 5.41) is 9.45. The minimum atomic E-state index is 0.697. The molecule has 0 N–H and O–H groups in total. The molecule has 1 saturated heterocycles. The molecule has 2 aromatic rings. The summed E-state index contributed by atoms with van der Waals surface area (Å²) < 4.78 is 0. The monoisotopic (exact) mass is 248 g/mol. The molecule has 0 unspecified atom stereocenters. The van der Waals surface area contributed by atoms with Crippen LogP contribution in [0.1, 0.15) is 12.8 Å². The van der Waals surface area contributed by atoms with Crippen molar-refractivity contribution in [2.24, 2.45) is 0 Å². The number of hydrogen-bond acceptors (Lipinski definition) is 3. The first kappa shape index (κ1) is 10.6. The smallest absolute Gasteiger partial charge is 0.171 e. The number of halogens is 1. The summed E-state index contributed by atoms with van der Waals surface area (Å²) in [6.07, 6.45) is 4.29. The number of anilines is 1. The zero-order valence-corrected chi connectivity index (χ0v) is 10.1. The third-order valence-electron chi connectivity index (χ3n) is 2.95. The molecule has 88 valence electrons. The Morgan fingerprint density at radius 2 is 2.00 bits per heavy atom. The lowest BCUT2D eigenvalue weighted by atomic mass is 10.3. The molecule has 4 nitrogen and oxygen atoms in total. The lowest BCUT2D eigenvalue weighted by molar-refractivity contribution is 0.745. The number of hydrogen-bond donors (Lipinski definition) is 0. The minimum Gasteiger partial charge on any atom is -0.354 e. The Labute approximate surface area is 105 Å². The van der Waals surface area contributed by atoms with E-state index in [1.165, 1.54) is 12.8 Å². The van der Waals surface area contributed by atoms with Crippen molar-refractivity contribution in [2.45, 2.75) is 12.8 Å². The summed E-state index contributed by atoms with van der Waals surface area (Å²) in [6.45, 7) is 2.16. The second kappa shape index (κ2) is 4.37. The Bertz CT molecular complexity index is 517. The molecular formula is C12H13ClN4. The average molecular weight is 249 g/mol. The Balaban J connectivity index is 1.89. The highest BCUT2D eigenvalue weighted by Gasteiger charge is 2.15. The van der Waals surface area contributed by atoms with Gasteiger partial charge in [0.25, 0.3) is 0 Å². The molecule has 2 heterocycles. The van der Waals surface area contributed by atoms with Gasteiger partial charge in [-0.2, -0.15) is 5.10 Å². The van der Waals surface area contributed by atoms with Gasteiger partial charge in [-0.3, -0.25) is 0 Å². The molecule has 0 radical (unpaired) electrons. The largest absolute Gasteiger partial charge is 0.354 e. The van der Waals surface area contributed by atoms with Gasteiger partial charge in [0, 0.05) is 18.1 Å². The maximum Gasteiger partial charge on any atom is 0.171 e. The molecule has 0 saturated carbocycles. The fourth-order valence-corrected chi connectivity index (χ4v) is 2.26. The highest BCUT2D eigenvalue weighted by atomic mass is 35.5. The van der Waals surface area contributed by atoms with Gasteiger partial charge in [-0.15, -0.1) is 9.90 Å². The molecule has 1 aromatic heterocycles. The van der Waals surface area contributed by atoms with Gasteiger partial charge in [-0.25, -0.2) is 0 Å². The van der Waals surface area contributed by atoms with E-state index in [9.17, 15) is 0 Å². The van der Waals surface area contributed by atoms with Gasteiger partial charge in [-0.1, -0.05) is 17.7 Å². The van der Waals surface area contributed by atoms with Crippen LogP contribution in [-0.2, 0) is 0 Å². The topological polar surface area (TPSA) is 34.0 Å². The summed E-state index contributed by atoms with van der Waals surface area (Å²) in [7, 11) is 0. The van der Waals surface area contributed by atoms with E-state index in [2.05, 4.69) is 15.1 Å². The first-order valence-corrected chi connectivity index (χ1v) is 6.14. The van der Waals surface area contributed by atoms with Crippen LogP contribution in [0.3, 0.4) is 0 Å². The minimum absolute atomic E-state index is 0.697. The van der Waals surface area contributed by atoms with E-state index in [4.69, 9.17) is 11.6 Å². The summed E-state index contributed by atoms with van der Waals surface area (Å²) in [4.78, 5) is 3.88. The summed E-state index contributed by atoms with van der Waals surface area (Å²) in [5.74, 6) is 0.947. The molecule has 1 aromatic carbocycles. The highest BCUT2D eigenvalue weighted by Crippen LogP contribution is 2.18. The van der Waals surface area contributed by atoms with Crippen LogP contribution < -0.4 is 4.90 Å². The molecule has 1 aliphatic rings. The standard InChI is InChI=1S/C12H13ClN4/c13-10-4-3-5-11(8-10)17-14-9-12(15-17)16-6-1-2-7-16/h3-5,8-9H,1-2,6-7H2. The van der Waals surface area contributed by atoms with E-state index in [1.807, 2.05) is 30.5 Å². The quantitative estimate of drug-likeness (QED) is 0.819. The second-order valence-corrected chi connectivity index (χ2v) is 4.60. The predicted molar refractivity (Wildman–Crippen MR) is 67.8 cm³/mol. The third kappa shape index (κ3) is 2.13. The number of nitrogens with zero attached hydrogens (tertiary/aromatic N) is 4. The van der Waals surface area contributed by atoms with Gasteiger partial charge >= 0.3 is 0 Å². The molecule has 17 heavy (non-hydrogen) atoms. The molecular weight excluding hydrogens is 236 g/mol. The lowest BCUT2D eigenvalue weighted by Crippen LogP contribution is -2.18. The molecule has 0 atom stereocenters. The molecule has 0 amide bonds. The fourth-order valence-electron chi connectivity index (χ4n) is 2.07. The second-order valence-electron chi connectivity index (χ2n) is 4.17. The number of aromatic nitrogens is 3. The number of rotatable bonds is 2. The van der Waals surface area contributed by atoms with Gasteiger partial charge in [0.15, 0.2) is 5.82 Å². The Morgan fingerprint density at radius 3 is 2.76 bits per heavy atom. The average Bonchev–Trinajstić information content (AvgIpc) is 3.00. The van der Waals surface area contributed by atoms with Gasteiger partial charge in [0.1, 0.15) is 0 Å². The van der Waals surface area contributed by atoms with Crippen LogP contribution in [0.5, 0.6) is 0 Å². The number of benzene rings is 1. The highest BCUT2D eigenvalue weighted by molar-refractivity contribution is 6.30. The SMILES string of the molecule is Clc1cccc(-n2ncc(N3CCCC3)n2)c1. The van der Waals surface area contributed by atoms with Crippen LogP contribution in [-0.4, -0.2) is 28.1 Å². The summed E-state index contributed by atoms with van der Waals surface area (Å²) in [5.41, 5.74) is 0.892. The normalized spacial score (nSPS) is 15.5. The maximum absolute atomic E-state index is 5.95. The molecule has 0 aliphatic carbocycles. The first-order chi connectivity index (χ1) is 8.33. The van der Waals surface area contributed by atoms with Crippen LogP contribution in [0, 0.1) is 0 Å². The van der Waals surface area contributed by atoms with Gasteiger partial charge < -0.3 is 4.90 Å². The van der Waals surface area contributed by atoms with Crippen LogP contribution >= 0.6 is 11.6 Å². The molecule has 1 fully saturated rings. The predicted octanol–water partition coefficient (Wildman–Crippen LogP) is 2.52. The van der Waals surface area contributed by atoms with Crippen molar-refractivity contribution in [3.63, 3.8) is 0 Å².